The van der Waals surface area contributed by atoms with Gasteiger partial charge in [0.2, 0.25) is 0 Å². The maximum absolute atomic E-state index is 14.1. The summed E-state index contributed by atoms with van der Waals surface area (Å²) in [6.07, 6.45) is 2.13. The average molecular weight is 423 g/mol. The molecule has 0 fully saturated rings. The molecule has 9 heteroatoms. The minimum atomic E-state index is -0.855. The molecule has 0 aliphatic carbocycles. The normalized spacial score (nSPS) is 10.8. The van der Waals surface area contributed by atoms with Crippen molar-refractivity contribution in [1.82, 2.24) is 9.78 Å². The minimum Gasteiger partial charge on any atom is -0.493 e. The molecule has 0 bridgehead atoms. The number of halogens is 2. The highest BCUT2D eigenvalue weighted by Crippen LogP contribution is 2.28. The van der Waals surface area contributed by atoms with Gasteiger partial charge >= 0.3 is 11.8 Å². The van der Waals surface area contributed by atoms with Crippen LogP contribution in [0.25, 0.3) is 5.69 Å². The Morgan fingerprint density at radius 2 is 1.93 bits per heavy atom. The number of aryl methyl sites for hydroxylation is 1. The van der Waals surface area contributed by atoms with Crippen LogP contribution in [0.4, 0.5) is 4.39 Å². The van der Waals surface area contributed by atoms with Crippen molar-refractivity contribution in [2.45, 2.75) is 19.3 Å². The van der Waals surface area contributed by atoms with Crippen LogP contribution in [0.2, 0.25) is 5.02 Å². The van der Waals surface area contributed by atoms with Crippen molar-refractivity contribution in [3.8, 4) is 23.3 Å². The molecule has 3 aromatic rings. The molecule has 0 saturated carbocycles. The third kappa shape index (κ3) is 4.89. The second kappa shape index (κ2) is 9.47. The zero-order valence-corrected chi connectivity index (χ0v) is 16.7. The third-order valence-corrected chi connectivity index (χ3v) is 4.51. The molecular weight excluding hydrogens is 403 g/mol. The van der Waals surface area contributed by atoms with E-state index in [1.165, 1.54) is 18.2 Å². The van der Waals surface area contributed by atoms with Gasteiger partial charge < -0.3 is 18.6 Å². The quantitative estimate of drug-likeness (QED) is 0.484. The number of nitrogens with zero attached hydrogens (tertiary/aromatic N) is 2. The van der Waals surface area contributed by atoms with Gasteiger partial charge in [0.15, 0.2) is 17.3 Å². The molecular formula is C20H20ClFN2O5. The van der Waals surface area contributed by atoms with Crippen molar-refractivity contribution in [3.63, 3.8) is 0 Å². The maximum atomic E-state index is 14.1. The molecule has 2 aromatic carbocycles. The van der Waals surface area contributed by atoms with Crippen LogP contribution in [-0.4, -0.2) is 30.6 Å². The summed E-state index contributed by atoms with van der Waals surface area (Å²) in [6.45, 7) is 0.297. The van der Waals surface area contributed by atoms with Crippen LogP contribution in [0.5, 0.6) is 17.6 Å². The van der Waals surface area contributed by atoms with E-state index in [1.807, 2.05) is 18.2 Å². The van der Waals surface area contributed by atoms with Gasteiger partial charge in [-0.25, -0.2) is 9.18 Å². The topological polar surface area (TPSA) is 75.7 Å². The van der Waals surface area contributed by atoms with E-state index in [1.54, 1.807) is 14.2 Å². The van der Waals surface area contributed by atoms with Crippen LogP contribution in [0.1, 0.15) is 18.4 Å². The number of benzene rings is 2. The molecule has 3 rings (SSSR count). The standard InChI is InChI=1S/C20H20ClFN2O5/c1-26-16-10-9-13(12-17(16)27-2)6-3-4-11-28-19-23-24(20(25)29-19)15-8-5-7-14(21)18(15)22/h5,7-10,12H,3-4,6,11H2,1-2H3. The highest BCUT2D eigenvalue weighted by Gasteiger charge is 2.16. The SMILES string of the molecule is COc1ccc(CCCCOc2nn(-c3cccc(Cl)c3F)c(=O)o2)cc1OC. The summed E-state index contributed by atoms with van der Waals surface area (Å²) in [6, 6.07) is 10.0. The van der Waals surface area contributed by atoms with Gasteiger partial charge in [-0.1, -0.05) is 28.8 Å². The van der Waals surface area contributed by atoms with E-state index < -0.39 is 11.6 Å². The van der Waals surface area contributed by atoms with Crippen LogP contribution < -0.4 is 20.0 Å². The first kappa shape index (κ1) is 20.7. The Morgan fingerprint density at radius 3 is 2.69 bits per heavy atom. The second-order valence-electron chi connectivity index (χ2n) is 6.11. The monoisotopic (exact) mass is 422 g/mol. The Balaban J connectivity index is 1.53. The van der Waals surface area contributed by atoms with Crippen LogP contribution in [-0.2, 0) is 6.42 Å². The van der Waals surface area contributed by atoms with Crippen molar-refractivity contribution in [2.24, 2.45) is 0 Å². The predicted octanol–water partition coefficient (Wildman–Crippen LogP) is 4.04. The lowest BCUT2D eigenvalue weighted by Crippen LogP contribution is -2.15. The number of aromatic nitrogens is 2. The van der Waals surface area contributed by atoms with E-state index in [2.05, 4.69) is 5.10 Å². The first-order valence-corrected chi connectivity index (χ1v) is 9.29. The molecule has 0 amide bonds. The lowest BCUT2D eigenvalue weighted by Gasteiger charge is -2.09. The molecule has 0 aliphatic heterocycles. The van der Waals surface area contributed by atoms with Crippen molar-refractivity contribution in [3.05, 3.63) is 63.4 Å². The molecule has 0 N–H and O–H groups in total. The van der Waals surface area contributed by atoms with Gasteiger partial charge in [0, 0.05) is 0 Å². The van der Waals surface area contributed by atoms with Gasteiger partial charge in [-0.15, -0.1) is 0 Å². The van der Waals surface area contributed by atoms with Crippen molar-refractivity contribution >= 4 is 11.6 Å². The van der Waals surface area contributed by atoms with Crippen molar-refractivity contribution in [1.29, 1.82) is 0 Å². The number of methoxy groups -OCH3 is 2. The molecule has 1 heterocycles. The first-order chi connectivity index (χ1) is 14.0. The maximum Gasteiger partial charge on any atom is 0.444 e. The van der Waals surface area contributed by atoms with Crippen LogP contribution in [0.15, 0.2) is 45.6 Å². The predicted molar refractivity (Wildman–Crippen MR) is 105 cm³/mol. The first-order valence-electron chi connectivity index (χ1n) is 8.91. The second-order valence-corrected chi connectivity index (χ2v) is 6.52. The Bertz CT molecular complexity index is 1030. The molecule has 1 aromatic heterocycles. The zero-order valence-electron chi connectivity index (χ0n) is 16.0. The van der Waals surface area contributed by atoms with Crippen molar-refractivity contribution in [2.75, 3.05) is 20.8 Å². The Hall–Kier alpha value is -3.00. The highest BCUT2D eigenvalue weighted by atomic mass is 35.5. The summed E-state index contributed by atoms with van der Waals surface area (Å²) in [5, 5.41) is 3.75. The Kier molecular flexibility index (Phi) is 6.77. The van der Waals surface area contributed by atoms with E-state index in [-0.39, 0.29) is 16.8 Å². The zero-order chi connectivity index (χ0) is 20.8. The number of hydrogen-bond acceptors (Lipinski definition) is 6. The van der Waals surface area contributed by atoms with Gasteiger partial charge in [0.1, 0.15) is 5.69 Å². The number of hydrogen-bond donors (Lipinski definition) is 0. The molecule has 154 valence electrons. The van der Waals surface area contributed by atoms with Gasteiger partial charge in [-0.2, -0.15) is 4.68 Å². The Labute approximate surface area is 171 Å². The van der Waals surface area contributed by atoms with Gasteiger partial charge in [0.25, 0.3) is 0 Å². The fourth-order valence-electron chi connectivity index (χ4n) is 2.75. The molecule has 0 aliphatic rings. The molecule has 0 unspecified atom stereocenters. The number of rotatable bonds is 9. The summed E-state index contributed by atoms with van der Waals surface area (Å²) < 4.78 is 35.6. The van der Waals surface area contributed by atoms with Crippen LogP contribution in [0.3, 0.4) is 0 Å². The molecule has 0 saturated heterocycles. The third-order valence-electron chi connectivity index (χ3n) is 4.22. The van der Waals surface area contributed by atoms with Crippen LogP contribution >= 0.6 is 11.6 Å². The lowest BCUT2D eigenvalue weighted by atomic mass is 10.1. The van der Waals surface area contributed by atoms with Crippen LogP contribution in [0, 0.1) is 5.82 Å². The highest BCUT2D eigenvalue weighted by molar-refractivity contribution is 6.30. The van der Waals surface area contributed by atoms with Crippen molar-refractivity contribution < 1.29 is 23.0 Å². The lowest BCUT2D eigenvalue weighted by molar-refractivity contribution is 0.220. The van der Waals surface area contributed by atoms with Gasteiger partial charge in [-0.3, -0.25) is 0 Å². The minimum absolute atomic E-state index is 0.102. The molecule has 0 spiro atoms. The number of unbranched alkanes of at least 4 members (excludes halogenated alkanes) is 1. The van der Waals surface area contributed by atoms with E-state index in [0.29, 0.717) is 24.5 Å². The average Bonchev–Trinajstić information content (AvgIpc) is 3.09. The fourth-order valence-corrected chi connectivity index (χ4v) is 2.92. The van der Waals surface area contributed by atoms with E-state index >= 15 is 0 Å². The van der Waals surface area contributed by atoms with E-state index in [0.717, 1.165) is 23.1 Å². The van der Waals surface area contributed by atoms with E-state index in [4.69, 9.17) is 30.2 Å². The van der Waals surface area contributed by atoms with E-state index in [9.17, 15) is 9.18 Å². The summed E-state index contributed by atoms with van der Waals surface area (Å²) >= 11 is 5.73. The number of ether oxygens (including phenoxy) is 3. The Morgan fingerprint density at radius 1 is 1.14 bits per heavy atom. The summed E-state index contributed by atoms with van der Waals surface area (Å²) in [5.41, 5.74) is 1.00. The largest absolute Gasteiger partial charge is 0.493 e. The summed E-state index contributed by atoms with van der Waals surface area (Å²) in [5.74, 6) is -0.249. The smallest absolute Gasteiger partial charge is 0.444 e. The van der Waals surface area contributed by atoms with Gasteiger partial charge in [-0.05, 0) is 49.1 Å². The molecule has 7 nitrogen and oxygen atoms in total. The molecule has 29 heavy (non-hydrogen) atoms. The summed E-state index contributed by atoms with van der Waals surface area (Å²) in [7, 11) is 3.19. The van der Waals surface area contributed by atoms with Gasteiger partial charge in [0.05, 0.1) is 25.8 Å². The fraction of sp³-hybridized carbons (Fsp3) is 0.300. The molecule has 0 radical (unpaired) electrons. The summed E-state index contributed by atoms with van der Waals surface area (Å²) in [4.78, 5) is 11.9. The molecule has 0 atom stereocenters.